The molecule has 0 amide bonds. The second-order valence-corrected chi connectivity index (χ2v) is 5.79. The molecule has 1 atom stereocenters. The summed E-state index contributed by atoms with van der Waals surface area (Å²) in [6, 6.07) is 3.56. The normalized spacial score (nSPS) is 19.8. The van der Waals surface area contributed by atoms with Gasteiger partial charge in [0.1, 0.15) is 11.7 Å². The Kier molecular flexibility index (Phi) is 4.12. The van der Waals surface area contributed by atoms with E-state index in [1.54, 1.807) is 0 Å². The molecular formula is C15H18ClN3O2. The lowest BCUT2D eigenvalue weighted by Gasteiger charge is -2.33. The van der Waals surface area contributed by atoms with Crippen molar-refractivity contribution in [2.75, 3.05) is 13.7 Å². The molecule has 3 heterocycles. The Morgan fingerprint density at radius 2 is 2.29 bits per heavy atom. The van der Waals surface area contributed by atoms with Crippen molar-refractivity contribution in [3.8, 4) is 0 Å². The average molecular weight is 308 g/mol. The van der Waals surface area contributed by atoms with Gasteiger partial charge in [-0.05, 0) is 31.5 Å². The Labute approximate surface area is 128 Å². The molecule has 0 aliphatic carbocycles. The van der Waals surface area contributed by atoms with Gasteiger partial charge < -0.3 is 9.14 Å². The van der Waals surface area contributed by atoms with Crippen molar-refractivity contribution < 1.29 is 9.53 Å². The van der Waals surface area contributed by atoms with Gasteiger partial charge in [-0.1, -0.05) is 18.0 Å². The lowest BCUT2D eigenvalue weighted by Crippen LogP contribution is -2.44. The number of nitrogens with zero attached hydrogens (tertiary/aromatic N) is 3. The Morgan fingerprint density at radius 1 is 1.43 bits per heavy atom. The zero-order chi connectivity index (χ0) is 14.8. The van der Waals surface area contributed by atoms with Gasteiger partial charge in [0.15, 0.2) is 0 Å². The SMILES string of the molecule is COC(=O)[C@H]1CCCCN1Cc1cn2cc(Cl)ccc2n1. The van der Waals surface area contributed by atoms with E-state index in [0.717, 1.165) is 37.1 Å². The smallest absolute Gasteiger partial charge is 0.323 e. The van der Waals surface area contributed by atoms with Crippen molar-refractivity contribution in [3.05, 3.63) is 35.2 Å². The number of carbonyl (C=O) groups excluding carboxylic acids is 1. The van der Waals surface area contributed by atoms with Gasteiger partial charge in [-0.2, -0.15) is 0 Å². The highest BCUT2D eigenvalue weighted by atomic mass is 35.5. The van der Waals surface area contributed by atoms with Crippen LogP contribution in [0, 0.1) is 0 Å². The van der Waals surface area contributed by atoms with Crippen LogP contribution in [0.2, 0.25) is 5.02 Å². The summed E-state index contributed by atoms with van der Waals surface area (Å²) >= 11 is 5.98. The molecule has 21 heavy (non-hydrogen) atoms. The van der Waals surface area contributed by atoms with Crippen molar-refractivity contribution in [1.82, 2.24) is 14.3 Å². The second-order valence-electron chi connectivity index (χ2n) is 5.35. The zero-order valence-electron chi connectivity index (χ0n) is 12.0. The first kappa shape index (κ1) is 14.4. The summed E-state index contributed by atoms with van der Waals surface area (Å²) in [5.74, 6) is -0.151. The highest BCUT2D eigenvalue weighted by Crippen LogP contribution is 2.21. The van der Waals surface area contributed by atoms with Crippen LogP contribution in [0.5, 0.6) is 0 Å². The molecule has 0 spiro atoms. The van der Waals surface area contributed by atoms with Gasteiger partial charge in [-0.25, -0.2) is 4.98 Å². The predicted octanol–water partition coefficient (Wildman–Crippen LogP) is 2.52. The number of aromatic nitrogens is 2. The number of pyridine rings is 1. The standard InChI is InChI=1S/C15H18ClN3O2/c1-21-15(20)13-4-2-3-7-18(13)9-12-10-19-8-11(16)5-6-14(19)17-12/h5-6,8,10,13H,2-4,7,9H2,1H3/t13-/m1/s1. The van der Waals surface area contributed by atoms with E-state index in [-0.39, 0.29) is 12.0 Å². The number of carbonyl (C=O) groups is 1. The molecule has 0 unspecified atom stereocenters. The monoisotopic (exact) mass is 307 g/mol. The number of fused-ring (bicyclic) bond motifs is 1. The molecule has 0 bridgehead atoms. The molecule has 2 aromatic rings. The molecule has 1 aliphatic rings. The van der Waals surface area contributed by atoms with Crippen LogP contribution in [0.25, 0.3) is 5.65 Å². The Morgan fingerprint density at radius 3 is 3.10 bits per heavy atom. The molecular weight excluding hydrogens is 290 g/mol. The first-order chi connectivity index (χ1) is 10.2. The largest absolute Gasteiger partial charge is 0.468 e. The number of rotatable bonds is 3. The molecule has 0 aromatic carbocycles. The number of esters is 1. The van der Waals surface area contributed by atoms with E-state index in [9.17, 15) is 4.79 Å². The van der Waals surface area contributed by atoms with E-state index in [1.807, 2.05) is 28.9 Å². The summed E-state index contributed by atoms with van der Waals surface area (Å²) in [7, 11) is 1.45. The molecule has 5 nitrogen and oxygen atoms in total. The van der Waals surface area contributed by atoms with E-state index in [4.69, 9.17) is 16.3 Å². The minimum atomic E-state index is -0.155. The summed E-state index contributed by atoms with van der Waals surface area (Å²) in [6.45, 7) is 1.55. The number of imidazole rings is 1. The van der Waals surface area contributed by atoms with E-state index < -0.39 is 0 Å². The van der Waals surface area contributed by atoms with Crippen molar-refractivity contribution in [1.29, 1.82) is 0 Å². The van der Waals surface area contributed by atoms with Crippen LogP contribution in [0.1, 0.15) is 25.0 Å². The second kappa shape index (κ2) is 6.03. The van der Waals surface area contributed by atoms with Crippen molar-refractivity contribution in [3.63, 3.8) is 0 Å². The van der Waals surface area contributed by atoms with Gasteiger partial charge in [0.2, 0.25) is 0 Å². The molecule has 0 saturated carbocycles. The van der Waals surface area contributed by atoms with Crippen LogP contribution in [0.15, 0.2) is 24.5 Å². The topological polar surface area (TPSA) is 46.8 Å². The minimum absolute atomic E-state index is 0.151. The fourth-order valence-corrected chi connectivity index (χ4v) is 3.05. The van der Waals surface area contributed by atoms with E-state index in [2.05, 4.69) is 9.88 Å². The predicted molar refractivity (Wildman–Crippen MR) is 80.3 cm³/mol. The molecule has 1 aliphatic heterocycles. The molecule has 3 rings (SSSR count). The molecule has 0 N–H and O–H groups in total. The van der Waals surface area contributed by atoms with Crippen LogP contribution < -0.4 is 0 Å². The van der Waals surface area contributed by atoms with E-state index >= 15 is 0 Å². The van der Waals surface area contributed by atoms with Crippen molar-refractivity contribution in [2.45, 2.75) is 31.8 Å². The van der Waals surface area contributed by atoms with Gasteiger partial charge in [0.25, 0.3) is 0 Å². The molecule has 1 saturated heterocycles. The number of likely N-dealkylation sites (tertiary alicyclic amines) is 1. The third-order valence-corrected chi connectivity index (χ3v) is 4.14. The summed E-state index contributed by atoms with van der Waals surface area (Å²) in [6.07, 6.45) is 6.82. The van der Waals surface area contributed by atoms with Gasteiger partial charge in [0.05, 0.1) is 17.8 Å². The van der Waals surface area contributed by atoms with Gasteiger partial charge >= 0.3 is 5.97 Å². The number of ether oxygens (including phenoxy) is 1. The highest BCUT2D eigenvalue weighted by molar-refractivity contribution is 6.30. The Bertz CT molecular complexity index is 655. The fraction of sp³-hybridized carbons (Fsp3) is 0.467. The number of halogens is 1. The third kappa shape index (κ3) is 3.04. The fourth-order valence-electron chi connectivity index (χ4n) is 2.88. The summed E-state index contributed by atoms with van der Waals surface area (Å²) in [5, 5.41) is 0.678. The van der Waals surface area contributed by atoms with E-state index in [1.165, 1.54) is 7.11 Å². The number of methoxy groups -OCH3 is 1. The summed E-state index contributed by atoms with van der Waals surface area (Å²) < 4.78 is 6.82. The maximum absolute atomic E-state index is 11.9. The van der Waals surface area contributed by atoms with Crippen LogP contribution in [-0.4, -0.2) is 40.0 Å². The zero-order valence-corrected chi connectivity index (χ0v) is 12.7. The maximum Gasteiger partial charge on any atom is 0.323 e. The Balaban J connectivity index is 1.80. The van der Waals surface area contributed by atoms with E-state index in [0.29, 0.717) is 11.6 Å². The van der Waals surface area contributed by atoms with Crippen molar-refractivity contribution in [2.24, 2.45) is 0 Å². The van der Waals surface area contributed by atoms with Crippen LogP contribution in [-0.2, 0) is 16.1 Å². The highest BCUT2D eigenvalue weighted by Gasteiger charge is 2.29. The molecule has 1 fully saturated rings. The molecule has 2 aromatic heterocycles. The van der Waals surface area contributed by atoms with Gasteiger partial charge in [-0.3, -0.25) is 9.69 Å². The van der Waals surface area contributed by atoms with Crippen LogP contribution in [0.4, 0.5) is 0 Å². The molecule has 0 radical (unpaired) electrons. The Hall–Kier alpha value is -1.59. The average Bonchev–Trinajstić information content (AvgIpc) is 2.88. The van der Waals surface area contributed by atoms with Gasteiger partial charge in [0, 0.05) is 18.9 Å². The molecule has 112 valence electrons. The number of hydrogen-bond acceptors (Lipinski definition) is 4. The van der Waals surface area contributed by atoms with Crippen LogP contribution in [0.3, 0.4) is 0 Å². The summed E-state index contributed by atoms with van der Waals surface area (Å²) in [4.78, 5) is 18.6. The first-order valence-electron chi connectivity index (χ1n) is 7.12. The van der Waals surface area contributed by atoms with Crippen LogP contribution >= 0.6 is 11.6 Å². The molecule has 6 heteroatoms. The quantitative estimate of drug-likeness (QED) is 0.818. The minimum Gasteiger partial charge on any atom is -0.468 e. The third-order valence-electron chi connectivity index (χ3n) is 3.92. The number of piperidine rings is 1. The first-order valence-corrected chi connectivity index (χ1v) is 7.50. The lowest BCUT2D eigenvalue weighted by molar-refractivity contribution is -0.148. The number of hydrogen-bond donors (Lipinski definition) is 0. The maximum atomic E-state index is 11.9. The lowest BCUT2D eigenvalue weighted by atomic mass is 10.0. The summed E-state index contributed by atoms with van der Waals surface area (Å²) in [5.41, 5.74) is 1.80. The van der Waals surface area contributed by atoms with Gasteiger partial charge in [-0.15, -0.1) is 0 Å². The van der Waals surface area contributed by atoms with Crippen molar-refractivity contribution >= 4 is 23.2 Å².